The molecule has 1 fully saturated rings. The zero-order valence-electron chi connectivity index (χ0n) is 8.34. The molecule has 0 radical (unpaired) electrons. The molecule has 2 heteroatoms. The highest BCUT2D eigenvalue weighted by molar-refractivity contribution is 5.57. The Kier molecular flexibility index (Phi) is 2.89. The highest BCUT2D eigenvalue weighted by atomic mass is 16.1. The fourth-order valence-corrected chi connectivity index (χ4v) is 1.93. The highest BCUT2D eigenvalue weighted by Gasteiger charge is 2.30. The average molecular weight is 169 g/mol. The van der Waals surface area contributed by atoms with Crippen molar-refractivity contribution < 1.29 is 4.79 Å². The van der Waals surface area contributed by atoms with Crippen molar-refractivity contribution in [1.29, 1.82) is 0 Å². The Labute approximate surface area is 74.9 Å². The molecule has 0 bridgehead atoms. The van der Waals surface area contributed by atoms with Crippen LogP contribution in [0.5, 0.6) is 0 Å². The average Bonchev–Trinajstić information content (AvgIpc) is 2.03. The van der Waals surface area contributed by atoms with E-state index in [-0.39, 0.29) is 11.6 Å². The summed E-state index contributed by atoms with van der Waals surface area (Å²) >= 11 is 0. The van der Waals surface area contributed by atoms with Gasteiger partial charge in [0.15, 0.2) is 0 Å². The van der Waals surface area contributed by atoms with Crippen LogP contribution in [0.15, 0.2) is 0 Å². The van der Waals surface area contributed by atoms with Gasteiger partial charge in [-0.2, -0.15) is 0 Å². The van der Waals surface area contributed by atoms with Gasteiger partial charge in [0, 0.05) is 5.54 Å². The van der Waals surface area contributed by atoms with Crippen molar-refractivity contribution in [3.05, 3.63) is 0 Å². The lowest BCUT2D eigenvalue weighted by Crippen LogP contribution is -2.51. The van der Waals surface area contributed by atoms with E-state index >= 15 is 0 Å². The number of hydrogen-bond acceptors (Lipinski definition) is 2. The van der Waals surface area contributed by atoms with Crippen LogP contribution in [0.25, 0.3) is 0 Å². The number of carbonyl (C=O) groups is 1. The van der Waals surface area contributed by atoms with Gasteiger partial charge in [-0.3, -0.25) is 4.90 Å². The third kappa shape index (κ3) is 2.07. The molecular weight excluding hydrogens is 150 g/mol. The summed E-state index contributed by atoms with van der Waals surface area (Å²) in [5, 5.41) is 0. The molecule has 0 aromatic carbocycles. The standard InChI is InChI=1S/C10H19NO/c1-10(2,3)11-7-5-4-6-9(11)8-12/h8-9H,4-7H2,1-3H3. The van der Waals surface area contributed by atoms with Crippen LogP contribution in [-0.4, -0.2) is 29.3 Å². The Morgan fingerprint density at radius 2 is 2.00 bits per heavy atom. The van der Waals surface area contributed by atoms with Crippen molar-refractivity contribution in [1.82, 2.24) is 4.90 Å². The molecule has 0 amide bonds. The quantitative estimate of drug-likeness (QED) is 0.558. The van der Waals surface area contributed by atoms with Crippen LogP contribution in [0.1, 0.15) is 40.0 Å². The summed E-state index contributed by atoms with van der Waals surface area (Å²) in [7, 11) is 0. The second-order valence-corrected chi connectivity index (χ2v) is 4.56. The molecule has 1 aliphatic rings. The van der Waals surface area contributed by atoms with Gasteiger partial charge >= 0.3 is 0 Å². The van der Waals surface area contributed by atoms with Gasteiger partial charge in [0.05, 0.1) is 6.04 Å². The van der Waals surface area contributed by atoms with Gasteiger partial charge in [0.1, 0.15) is 6.29 Å². The van der Waals surface area contributed by atoms with Crippen LogP contribution in [0.2, 0.25) is 0 Å². The summed E-state index contributed by atoms with van der Waals surface area (Å²) in [6.07, 6.45) is 4.59. The van der Waals surface area contributed by atoms with E-state index in [0.29, 0.717) is 0 Å². The van der Waals surface area contributed by atoms with Gasteiger partial charge < -0.3 is 4.79 Å². The molecule has 0 N–H and O–H groups in total. The molecule has 0 spiro atoms. The summed E-state index contributed by atoms with van der Waals surface area (Å²) < 4.78 is 0. The molecule has 0 saturated carbocycles. The lowest BCUT2D eigenvalue weighted by Gasteiger charge is -2.42. The predicted octanol–water partition coefficient (Wildman–Crippen LogP) is 1.84. The molecule has 70 valence electrons. The van der Waals surface area contributed by atoms with Gasteiger partial charge in [-0.15, -0.1) is 0 Å². The van der Waals surface area contributed by atoms with Gasteiger partial charge in [0.25, 0.3) is 0 Å². The van der Waals surface area contributed by atoms with E-state index in [2.05, 4.69) is 25.7 Å². The smallest absolute Gasteiger partial charge is 0.137 e. The van der Waals surface area contributed by atoms with Crippen LogP contribution >= 0.6 is 0 Å². The fourth-order valence-electron chi connectivity index (χ4n) is 1.93. The molecule has 1 unspecified atom stereocenters. The van der Waals surface area contributed by atoms with Gasteiger partial charge in [-0.05, 0) is 40.2 Å². The summed E-state index contributed by atoms with van der Waals surface area (Å²) in [6, 6.07) is 0.166. The van der Waals surface area contributed by atoms with Gasteiger partial charge in [-0.25, -0.2) is 0 Å². The molecule has 0 aliphatic carbocycles. The first-order chi connectivity index (χ1) is 5.55. The minimum absolute atomic E-state index is 0.145. The van der Waals surface area contributed by atoms with Crippen LogP contribution in [0, 0.1) is 0 Å². The Morgan fingerprint density at radius 3 is 2.42 bits per heavy atom. The number of aldehydes is 1. The van der Waals surface area contributed by atoms with E-state index in [9.17, 15) is 4.79 Å². The molecule has 12 heavy (non-hydrogen) atoms. The van der Waals surface area contributed by atoms with Gasteiger partial charge in [0.2, 0.25) is 0 Å². The highest BCUT2D eigenvalue weighted by Crippen LogP contribution is 2.24. The van der Waals surface area contributed by atoms with E-state index < -0.39 is 0 Å². The van der Waals surface area contributed by atoms with Crippen LogP contribution in [0.4, 0.5) is 0 Å². The molecule has 2 nitrogen and oxygen atoms in total. The first-order valence-electron chi connectivity index (χ1n) is 4.78. The maximum absolute atomic E-state index is 10.8. The zero-order chi connectivity index (χ0) is 9.19. The summed E-state index contributed by atoms with van der Waals surface area (Å²) in [5.74, 6) is 0. The van der Waals surface area contributed by atoms with Crippen molar-refractivity contribution in [2.45, 2.75) is 51.6 Å². The normalized spacial score (nSPS) is 27.1. The number of piperidine rings is 1. The Hall–Kier alpha value is -0.370. The molecule has 1 aliphatic heterocycles. The number of rotatable bonds is 1. The van der Waals surface area contributed by atoms with E-state index in [0.717, 1.165) is 19.3 Å². The Morgan fingerprint density at radius 1 is 1.33 bits per heavy atom. The molecule has 0 aromatic rings. The SMILES string of the molecule is CC(C)(C)N1CCCCC1C=O. The molecular formula is C10H19NO. The van der Waals surface area contributed by atoms with Crippen molar-refractivity contribution >= 4 is 6.29 Å². The second-order valence-electron chi connectivity index (χ2n) is 4.56. The van der Waals surface area contributed by atoms with Crippen molar-refractivity contribution in [2.75, 3.05) is 6.54 Å². The van der Waals surface area contributed by atoms with Crippen LogP contribution < -0.4 is 0 Å². The van der Waals surface area contributed by atoms with Crippen molar-refractivity contribution in [3.8, 4) is 0 Å². The monoisotopic (exact) mass is 169 g/mol. The summed E-state index contributed by atoms with van der Waals surface area (Å²) in [6.45, 7) is 7.60. The molecule has 0 aromatic heterocycles. The Balaban J connectivity index is 2.65. The molecule has 1 heterocycles. The maximum Gasteiger partial charge on any atom is 0.137 e. The van der Waals surface area contributed by atoms with Crippen LogP contribution in [-0.2, 0) is 4.79 Å². The first kappa shape index (κ1) is 9.72. The minimum Gasteiger partial charge on any atom is -0.302 e. The Bertz CT molecular complexity index is 160. The van der Waals surface area contributed by atoms with E-state index in [4.69, 9.17) is 0 Å². The largest absolute Gasteiger partial charge is 0.302 e. The van der Waals surface area contributed by atoms with E-state index in [1.54, 1.807) is 0 Å². The number of nitrogens with zero attached hydrogens (tertiary/aromatic N) is 1. The van der Waals surface area contributed by atoms with Crippen LogP contribution in [0.3, 0.4) is 0 Å². The number of carbonyl (C=O) groups excluding carboxylic acids is 1. The van der Waals surface area contributed by atoms with E-state index in [1.807, 2.05) is 0 Å². The topological polar surface area (TPSA) is 20.3 Å². The zero-order valence-corrected chi connectivity index (χ0v) is 8.34. The number of likely N-dealkylation sites (tertiary alicyclic amines) is 1. The molecule has 1 rings (SSSR count). The third-order valence-electron chi connectivity index (χ3n) is 2.57. The van der Waals surface area contributed by atoms with Crippen molar-refractivity contribution in [3.63, 3.8) is 0 Å². The predicted molar refractivity (Wildman–Crippen MR) is 50.2 cm³/mol. The van der Waals surface area contributed by atoms with Crippen molar-refractivity contribution in [2.24, 2.45) is 0 Å². The van der Waals surface area contributed by atoms with E-state index in [1.165, 1.54) is 12.8 Å². The third-order valence-corrected chi connectivity index (χ3v) is 2.57. The summed E-state index contributed by atoms with van der Waals surface area (Å²) in [4.78, 5) is 13.1. The van der Waals surface area contributed by atoms with Gasteiger partial charge in [-0.1, -0.05) is 6.42 Å². The lowest BCUT2D eigenvalue weighted by molar-refractivity contribution is -0.115. The summed E-state index contributed by atoms with van der Waals surface area (Å²) in [5.41, 5.74) is 0.145. The molecule has 1 saturated heterocycles. The fraction of sp³-hybridized carbons (Fsp3) is 0.900. The number of hydrogen-bond donors (Lipinski definition) is 0. The minimum atomic E-state index is 0.145. The second kappa shape index (κ2) is 3.56. The molecule has 1 atom stereocenters. The first-order valence-corrected chi connectivity index (χ1v) is 4.78. The maximum atomic E-state index is 10.8. The lowest BCUT2D eigenvalue weighted by atomic mass is 9.95.